The number of aromatic hydroxyl groups is 1. The number of amides is 3. The number of rotatable bonds is 5. The Morgan fingerprint density at radius 1 is 1.29 bits per heavy atom. The van der Waals surface area contributed by atoms with Crippen LogP contribution in [-0.4, -0.2) is 47.7 Å². The predicted molar refractivity (Wildman–Crippen MR) is 122 cm³/mol. The van der Waals surface area contributed by atoms with E-state index in [1.165, 1.54) is 12.1 Å². The third-order valence-electron chi connectivity index (χ3n) is 7.18. The first-order valence-corrected chi connectivity index (χ1v) is 11.6. The number of carbonyl (C=O) groups is 3. The Morgan fingerprint density at radius 2 is 2.03 bits per heavy atom. The maximum atomic E-state index is 13.6. The Morgan fingerprint density at radius 3 is 2.68 bits per heavy atom. The quantitative estimate of drug-likeness (QED) is 0.504. The molecular weight excluding hydrogens is 441 g/mol. The number of ether oxygens (including phenoxy) is 2. The number of nitrogens with zero attached hydrogens (tertiary/aromatic N) is 1. The predicted octanol–water partition coefficient (Wildman–Crippen LogP) is 4.45. The molecule has 8 heteroatoms. The second-order valence-corrected chi connectivity index (χ2v) is 9.62. The highest BCUT2D eigenvalue weighted by Crippen LogP contribution is 2.51. The minimum absolute atomic E-state index is 0.175. The summed E-state index contributed by atoms with van der Waals surface area (Å²) in [5.41, 5.74) is 3.91. The number of hydrogen-bond donors (Lipinski definition) is 1. The van der Waals surface area contributed by atoms with Crippen LogP contribution in [-0.2, 0) is 19.1 Å². The van der Waals surface area contributed by atoms with Gasteiger partial charge >= 0.3 is 6.09 Å². The van der Waals surface area contributed by atoms with Gasteiger partial charge in [0.2, 0.25) is 11.8 Å². The van der Waals surface area contributed by atoms with Gasteiger partial charge in [0.15, 0.2) is 11.6 Å². The molecule has 1 N–H and O–H groups in total. The van der Waals surface area contributed by atoms with Crippen LogP contribution < -0.4 is 0 Å². The molecular formula is C26H30FNO6. The number of benzene rings is 1. The molecule has 0 radical (unpaired) electrons. The zero-order chi connectivity index (χ0) is 24.7. The van der Waals surface area contributed by atoms with Crippen molar-refractivity contribution in [3.63, 3.8) is 0 Å². The lowest BCUT2D eigenvalue weighted by molar-refractivity contribution is -0.137. The average Bonchev–Trinajstić information content (AvgIpc) is 3.32. The van der Waals surface area contributed by atoms with Crippen molar-refractivity contribution in [3.8, 4) is 5.75 Å². The second kappa shape index (κ2) is 9.33. The summed E-state index contributed by atoms with van der Waals surface area (Å²) < 4.78 is 24.5. The third-order valence-corrected chi connectivity index (χ3v) is 7.18. The molecule has 0 unspecified atom stereocenters. The van der Waals surface area contributed by atoms with Gasteiger partial charge in [0.25, 0.3) is 0 Å². The maximum absolute atomic E-state index is 13.6. The number of phenolic OH excluding ortho intramolecular Hbond substituents is 1. The van der Waals surface area contributed by atoms with E-state index < -0.39 is 35.6 Å². The van der Waals surface area contributed by atoms with Crippen molar-refractivity contribution in [1.82, 2.24) is 4.90 Å². The van der Waals surface area contributed by atoms with E-state index in [1.54, 1.807) is 6.07 Å². The average molecular weight is 472 g/mol. The van der Waals surface area contributed by atoms with Crippen molar-refractivity contribution in [3.05, 3.63) is 46.3 Å². The topological polar surface area (TPSA) is 93.1 Å². The van der Waals surface area contributed by atoms with Gasteiger partial charge < -0.3 is 14.6 Å². The first kappa shape index (κ1) is 24.1. The number of likely N-dealkylation sites (tertiary alicyclic amines) is 1. The van der Waals surface area contributed by atoms with Crippen molar-refractivity contribution in [1.29, 1.82) is 0 Å². The molecule has 34 heavy (non-hydrogen) atoms. The largest absolute Gasteiger partial charge is 0.505 e. The molecule has 2 heterocycles. The van der Waals surface area contributed by atoms with Gasteiger partial charge in [-0.3, -0.25) is 9.59 Å². The summed E-state index contributed by atoms with van der Waals surface area (Å²) in [7, 11) is 1.16. The summed E-state index contributed by atoms with van der Waals surface area (Å²) >= 11 is 0. The number of halogens is 1. The number of fused-ring (bicyclic) bond motifs is 3. The monoisotopic (exact) mass is 471 g/mol. The summed E-state index contributed by atoms with van der Waals surface area (Å²) in [6.07, 6.45) is 2.58. The SMILES string of the molecule is COC(=O)N1C(=O)[C@@H]2[C@@H](CC(C(C)C)=C3[C@@H](CC/C(C)=C/c4ccc(O)c(F)c4)OC[C@@H]32)C1=O. The van der Waals surface area contributed by atoms with Crippen molar-refractivity contribution in [2.24, 2.45) is 23.7 Å². The highest BCUT2D eigenvalue weighted by Gasteiger charge is 2.59. The summed E-state index contributed by atoms with van der Waals surface area (Å²) in [5, 5.41) is 9.37. The van der Waals surface area contributed by atoms with E-state index in [4.69, 9.17) is 4.74 Å². The lowest BCUT2D eigenvalue weighted by Crippen LogP contribution is -2.38. The molecule has 2 fully saturated rings. The van der Waals surface area contributed by atoms with Crippen LogP contribution in [0, 0.1) is 29.5 Å². The normalized spacial score (nSPS) is 26.9. The minimum Gasteiger partial charge on any atom is -0.505 e. The number of imide groups is 3. The highest BCUT2D eigenvalue weighted by molar-refractivity contribution is 6.16. The Labute approximate surface area is 198 Å². The first-order chi connectivity index (χ1) is 16.1. The van der Waals surface area contributed by atoms with E-state index in [0.29, 0.717) is 36.3 Å². The Balaban J connectivity index is 1.55. The van der Waals surface area contributed by atoms with E-state index in [-0.39, 0.29) is 23.7 Å². The highest BCUT2D eigenvalue weighted by atomic mass is 19.1. The summed E-state index contributed by atoms with van der Waals surface area (Å²) in [6, 6.07) is 4.27. The van der Waals surface area contributed by atoms with E-state index in [1.807, 2.05) is 13.0 Å². The molecule has 2 aliphatic heterocycles. The van der Waals surface area contributed by atoms with Crippen molar-refractivity contribution in [2.75, 3.05) is 13.7 Å². The minimum atomic E-state index is -0.932. The van der Waals surface area contributed by atoms with Crippen LogP contribution >= 0.6 is 0 Å². The maximum Gasteiger partial charge on any atom is 0.423 e. The van der Waals surface area contributed by atoms with Crippen molar-refractivity contribution in [2.45, 2.75) is 46.1 Å². The van der Waals surface area contributed by atoms with Gasteiger partial charge in [-0.1, -0.05) is 37.1 Å². The van der Waals surface area contributed by atoms with Gasteiger partial charge in [0.05, 0.1) is 31.7 Å². The molecule has 0 aromatic heterocycles. The number of carbonyl (C=O) groups excluding carboxylic acids is 3. The summed E-state index contributed by atoms with van der Waals surface area (Å²) in [4.78, 5) is 38.7. The van der Waals surface area contributed by atoms with Gasteiger partial charge in [-0.25, -0.2) is 9.18 Å². The molecule has 0 bridgehead atoms. The molecule has 1 aromatic rings. The third kappa shape index (κ3) is 4.15. The van der Waals surface area contributed by atoms with Crippen LogP contribution in [0.25, 0.3) is 6.08 Å². The van der Waals surface area contributed by atoms with Gasteiger partial charge in [-0.05, 0) is 55.4 Å². The first-order valence-electron chi connectivity index (χ1n) is 11.6. The standard InChI is InChI=1S/C26H30FNO6/c1-13(2)16-11-17-23(25(31)28(24(17)30)26(32)33-4)18-12-34-21(22(16)18)8-5-14(3)9-15-6-7-20(29)19(27)10-15/h6-7,9-10,13,17-18,21,23,29H,5,8,11-12H2,1-4H3/b14-9+/t17-,18+,21-,23-/m1/s1. The smallest absolute Gasteiger partial charge is 0.423 e. The van der Waals surface area contributed by atoms with Gasteiger partial charge in [-0.2, -0.15) is 4.90 Å². The molecule has 1 aliphatic carbocycles. The molecule has 0 saturated carbocycles. The van der Waals surface area contributed by atoms with Crippen molar-refractivity contribution >= 4 is 24.0 Å². The van der Waals surface area contributed by atoms with Crippen LogP contribution in [0.15, 0.2) is 34.9 Å². The lowest BCUT2D eigenvalue weighted by Gasteiger charge is -2.33. The molecule has 1 aromatic carbocycles. The molecule has 7 nitrogen and oxygen atoms in total. The summed E-state index contributed by atoms with van der Waals surface area (Å²) in [5.74, 6) is -3.25. The fourth-order valence-corrected chi connectivity index (χ4v) is 5.56. The Bertz CT molecular complexity index is 1090. The van der Waals surface area contributed by atoms with E-state index in [0.717, 1.165) is 23.8 Å². The summed E-state index contributed by atoms with van der Waals surface area (Å²) in [6.45, 7) is 6.43. The van der Waals surface area contributed by atoms with Gasteiger partial charge in [-0.15, -0.1) is 0 Å². The number of phenols is 1. The molecule has 182 valence electrons. The molecule has 4 atom stereocenters. The van der Waals surface area contributed by atoms with E-state index >= 15 is 0 Å². The second-order valence-electron chi connectivity index (χ2n) is 9.62. The van der Waals surface area contributed by atoms with E-state index in [9.17, 15) is 23.9 Å². The van der Waals surface area contributed by atoms with Crippen LogP contribution in [0.5, 0.6) is 5.75 Å². The van der Waals surface area contributed by atoms with Crippen molar-refractivity contribution < 1.29 is 33.4 Å². The fraction of sp³-hybridized carbons (Fsp3) is 0.500. The Kier molecular flexibility index (Phi) is 6.62. The van der Waals surface area contributed by atoms with Crippen LogP contribution in [0.1, 0.15) is 45.6 Å². The molecule has 4 rings (SSSR count). The van der Waals surface area contributed by atoms with Gasteiger partial charge in [0, 0.05) is 5.92 Å². The van der Waals surface area contributed by atoms with Crippen LogP contribution in [0.2, 0.25) is 0 Å². The molecule has 2 saturated heterocycles. The number of allylic oxidation sites excluding steroid dienone is 2. The number of hydrogen-bond acceptors (Lipinski definition) is 6. The zero-order valence-corrected chi connectivity index (χ0v) is 19.8. The molecule has 0 spiro atoms. The molecule has 3 amide bonds. The zero-order valence-electron chi connectivity index (χ0n) is 19.8. The number of methoxy groups -OCH3 is 1. The van der Waals surface area contributed by atoms with Crippen LogP contribution in [0.3, 0.4) is 0 Å². The van der Waals surface area contributed by atoms with E-state index in [2.05, 4.69) is 18.6 Å². The lowest BCUT2D eigenvalue weighted by atomic mass is 9.67. The fourth-order valence-electron chi connectivity index (χ4n) is 5.56. The Hall–Kier alpha value is -3.00. The van der Waals surface area contributed by atoms with Crippen LogP contribution in [0.4, 0.5) is 9.18 Å². The van der Waals surface area contributed by atoms with Gasteiger partial charge in [0.1, 0.15) is 0 Å². The molecule has 3 aliphatic rings.